The molecule has 2 N–H and O–H groups in total. The van der Waals surface area contributed by atoms with Gasteiger partial charge in [-0.1, -0.05) is 48.8 Å². The number of hydrogen-bond donors (Lipinski definition) is 2. The second-order valence-electron chi connectivity index (χ2n) is 12.5. The Kier molecular flexibility index (Phi) is 8.53. The van der Waals surface area contributed by atoms with Crippen LogP contribution in [0.25, 0.3) is 0 Å². The lowest BCUT2D eigenvalue weighted by Gasteiger charge is -2.40. The highest BCUT2D eigenvalue weighted by Crippen LogP contribution is 2.39. The lowest BCUT2D eigenvalue weighted by molar-refractivity contribution is -0.148. The van der Waals surface area contributed by atoms with Crippen LogP contribution < -0.4 is 10.2 Å². The van der Waals surface area contributed by atoms with E-state index in [1.807, 2.05) is 18.2 Å². The van der Waals surface area contributed by atoms with Crippen LogP contribution in [0.3, 0.4) is 0 Å². The van der Waals surface area contributed by atoms with Crippen molar-refractivity contribution in [3.63, 3.8) is 0 Å². The number of amides is 2. The van der Waals surface area contributed by atoms with Crippen LogP contribution in [-0.2, 0) is 33.9 Å². The first kappa shape index (κ1) is 32.3. The average Bonchev–Trinajstić information content (AvgIpc) is 3.76. The first-order chi connectivity index (χ1) is 23.6. The van der Waals surface area contributed by atoms with Crippen molar-refractivity contribution in [2.45, 2.75) is 57.8 Å². The van der Waals surface area contributed by atoms with Crippen molar-refractivity contribution in [3.8, 4) is 0 Å². The minimum atomic E-state index is -1.09. The molecule has 49 heavy (non-hydrogen) atoms. The topological polar surface area (TPSA) is 142 Å². The van der Waals surface area contributed by atoms with Crippen molar-refractivity contribution in [1.29, 1.82) is 0 Å². The van der Waals surface area contributed by atoms with Crippen molar-refractivity contribution in [2.24, 2.45) is 5.16 Å². The van der Waals surface area contributed by atoms with E-state index in [-0.39, 0.29) is 40.7 Å². The zero-order valence-corrected chi connectivity index (χ0v) is 27.5. The van der Waals surface area contributed by atoms with Crippen molar-refractivity contribution >= 4 is 46.5 Å². The van der Waals surface area contributed by atoms with Crippen molar-refractivity contribution in [2.75, 3.05) is 23.3 Å². The number of carbonyl (C=O) groups is 3. The Morgan fingerprint density at radius 1 is 1.02 bits per heavy atom. The highest BCUT2D eigenvalue weighted by molar-refractivity contribution is 6.31. The summed E-state index contributed by atoms with van der Waals surface area (Å²) in [5.41, 5.74) is 3.39. The molecule has 0 radical (unpaired) electrons. The summed E-state index contributed by atoms with van der Waals surface area (Å²) in [5, 5.41) is 25.0. The molecular formula is C35H33ClFN7O5. The lowest BCUT2D eigenvalue weighted by Crippen LogP contribution is -2.49. The number of aromatic nitrogens is 3. The van der Waals surface area contributed by atoms with Gasteiger partial charge in [0, 0.05) is 48.9 Å². The summed E-state index contributed by atoms with van der Waals surface area (Å²) in [4.78, 5) is 48.9. The van der Waals surface area contributed by atoms with Crippen LogP contribution in [0.1, 0.15) is 70.9 Å². The second-order valence-corrected chi connectivity index (χ2v) is 12.9. The zero-order chi connectivity index (χ0) is 34.4. The molecule has 3 aromatic carbocycles. The molecule has 3 aliphatic rings. The molecule has 12 nitrogen and oxygen atoms in total. The Hall–Kier alpha value is -5.30. The lowest BCUT2D eigenvalue weighted by atomic mass is 9.89. The number of oxime groups is 1. The van der Waals surface area contributed by atoms with E-state index in [1.165, 1.54) is 41.3 Å². The van der Waals surface area contributed by atoms with E-state index in [4.69, 9.17) is 16.4 Å². The normalized spacial score (nSPS) is 18.4. The Balaban J connectivity index is 1.19. The van der Waals surface area contributed by atoms with Crippen LogP contribution in [0, 0.1) is 5.82 Å². The predicted octanol–water partition coefficient (Wildman–Crippen LogP) is 5.17. The van der Waals surface area contributed by atoms with Crippen LogP contribution in [0.2, 0.25) is 5.02 Å². The Bertz CT molecular complexity index is 2000. The summed E-state index contributed by atoms with van der Waals surface area (Å²) in [6, 6.07) is 15.0. The third kappa shape index (κ3) is 5.99. The summed E-state index contributed by atoms with van der Waals surface area (Å²) < 4.78 is 17.0. The van der Waals surface area contributed by atoms with Gasteiger partial charge >= 0.3 is 5.97 Å². The van der Waals surface area contributed by atoms with Gasteiger partial charge < -0.3 is 29.6 Å². The molecule has 4 heterocycles. The standard InChI is InChI=1S/C35H33ClFN7O5/c1-19(2)32-40-39-29-18-42(15-16-43(29)32)27-8-4-5-23-22(27)13-14-44(31(23)33(45)38-21-11-9-20(10-12-21)35(47)48)34(46)28-17-26(41-49-28)24-6-3-7-25(36)30(24)37/h3-12,19,28,31H,13-18H2,1-2H3,(H,38,45)(H,47,48)/t28?,31-/m1/s1. The molecule has 0 fully saturated rings. The summed E-state index contributed by atoms with van der Waals surface area (Å²) in [5.74, 6) is -0.621. The number of carboxylic acids is 1. The van der Waals surface area contributed by atoms with Gasteiger partial charge in [0.25, 0.3) is 11.8 Å². The first-order valence-electron chi connectivity index (χ1n) is 16.0. The molecular weight excluding hydrogens is 653 g/mol. The number of carboxylic acid groups (broad SMARTS) is 1. The minimum absolute atomic E-state index is 0.00267. The molecule has 0 spiro atoms. The van der Waals surface area contributed by atoms with Gasteiger partial charge in [-0.15, -0.1) is 10.2 Å². The summed E-state index contributed by atoms with van der Waals surface area (Å²) in [7, 11) is 0. The van der Waals surface area contributed by atoms with Gasteiger partial charge in [-0.3, -0.25) is 9.59 Å². The van der Waals surface area contributed by atoms with Crippen LogP contribution in [0.5, 0.6) is 0 Å². The number of benzene rings is 3. The predicted molar refractivity (Wildman–Crippen MR) is 179 cm³/mol. The second kappa shape index (κ2) is 13.0. The monoisotopic (exact) mass is 685 g/mol. The van der Waals surface area contributed by atoms with Gasteiger partial charge in [0.1, 0.15) is 11.9 Å². The first-order valence-corrected chi connectivity index (χ1v) is 16.4. The van der Waals surface area contributed by atoms with Gasteiger partial charge in [-0.05, 0) is 60.0 Å². The fourth-order valence-electron chi connectivity index (χ4n) is 6.77. The maximum absolute atomic E-state index is 14.8. The van der Waals surface area contributed by atoms with E-state index in [2.05, 4.69) is 44.0 Å². The number of hydrogen-bond acceptors (Lipinski definition) is 8. The molecule has 1 aromatic heterocycles. The van der Waals surface area contributed by atoms with E-state index in [0.29, 0.717) is 30.8 Å². The molecule has 14 heteroatoms. The fourth-order valence-corrected chi connectivity index (χ4v) is 6.94. The molecule has 252 valence electrons. The van der Waals surface area contributed by atoms with E-state index >= 15 is 0 Å². The molecule has 0 aliphatic carbocycles. The van der Waals surface area contributed by atoms with E-state index in [0.717, 1.165) is 29.4 Å². The van der Waals surface area contributed by atoms with Crippen molar-refractivity contribution in [3.05, 3.63) is 105 Å². The number of aromatic carboxylic acids is 1. The third-order valence-electron chi connectivity index (χ3n) is 9.17. The minimum Gasteiger partial charge on any atom is -0.478 e. The molecule has 1 unspecified atom stereocenters. The van der Waals surface area contributed by atoms with Gasteiger partial charge in [-0.2, -0.15) is 0 Å². The zero-order valence-electron chi connectivity index (χ0n) is 26.8. The fraction of sp³-hybridized carbons (Fsp3) is 0.314. The van der Waals surface area contributed by atoms with Crippen molar-refractivity contribution < 1.29 is 28.7 Å². The molecule has 0 bridgehead atoms. The highest BCUT2D eigenvalue weighted by Gasteiger charge is 2.42. The van der Waals surface area contributed by atoms with E-state index < -0.39 is 35.7 Å². The number of carbonyl (C=O) groups excluding carboxylic acids is 2. The number of nitrogens with zero attached hydrogens (tertiary/aromatic N) is 6. The quantitative estimate of drug-likeness (QED) is 0.271. The van der Waals surface area contributed by atoms with Crippen LogP contribution in [-0.4, -0.2) is 67.5 Å². The largest absolute Gasteiger partial charge is 0.478 e. The highest BCUT2D eigenvalue weighted by atomic mass is 35.5. The maximum Gasteiger partial charge on any atom is 0.335 e. The molecule has 0 saturated carbocycles. The summed E-state index contributed by atoms with van der Waals surface area (Å²) in [6.07, 6.45) is -0.609. The third-order valence-corrected chi connectivity index (χ3v) is 9.46. The molecule has 2 amide bonds. The molecule has 7 rings (SSSR count). The summed E-state index contributed by atoms with van der Waals surface area (Å²) >= 11 is 5.98. The van der Waals surface area contributed by atoms with E-state index in [1.54, 1.807) is 6.07 Å². The van der Waals surface area contributed by atoms with Crippen molar-refractivity contribution in [1.82, 2.24) is 19.7 Å². The molecule has 0 saturated heterocycles. The van der Waals surface area contributed by atoms with Crippen LogP contribution in [0.15, 0.2) is 65.8 Å². The number of fused-ring (bicyclic) bond motifs is 2. The Labute approximate surface area is 286 Å². The smallest absolute Gasteiger partial charge is 0.335 e. The van der Waals surface area contributed by atoms with Crippen LogP contribution >= 0.6 is 11.6 Å². The van der Waals surface area contributed by atoms with Gasteiger partial charge in [0.15, 0.2) is 11.6 Å². The molecule has 4 aromatic rings. The van der Waals surface area contributed by atoms with E-state index in [9.17, 15) is 23.9 Å². The Morgan fingerprint density at radius 3 is 2.55 bits per heavy atom. The number of anilines is 2. The van der Waals surface area contributed by atoms with Gasteiger partial charge in [0.05, 0.1) is 22.8 Å². The number of nitrogens with one attached hydrogen (secondary N) is 1. The SMILES string of the molecule is CC(C)c1nnc2n1CCN(c1cccc3c1CCN(C(=O)C1CC(c4cccc(Cl)c4F)=NO1)[C@H]3C(=O)Nc1ccc(C(=O)O)cc1)C2. The average molecular weight is 686 g/mol. The number of halogens is 2. The Morgan fingerprint density at radius 2 is 1.80 bits per heavy atom. The van der Waals surface area contributed by atoms with Crippen LogP contribution in [0.4, 0.5) is 15.8 Å². The summed E-state index contributed by atoms with van der Waals surface area (Å²) in [6.45, 7) is 6.37. The molecule has 3 aliphatic heterocycles. The number of rotatable bonds is 7. The maximum atomic E-state index is 14.8. The van der Waals surface area contributed by atoms with Gasteiger partial charge in [0.2, 0.25) is 6.10 Å². The van der Waals surface area contributed by atoms with Gasteiger partial charge in [-0.25, -0.2) is 9.18 Å². The molecule has 2 atom stereocenters.